The Balaban J connectivity index is 1.53. The van der Waals surface area contributed by atoms with Crippen LogP contribution in [0.1, 0.15) is 19.8 Å². The zero-order chi connectivity index (χ0) is 16.0. The Hall–Kier alpha value is -1.40. The van der Waals surface area contributed by atoms with Gasteiger partial charge in [0.15, 0.2) is 0 Å². The number of carbonyl (C=O) groups excluding carboxylic acids is 2. The van der Waals surface area contributed by atoms with Gasteiger partial charge in [-0.05, 0) is 30.2 Å². The number of hydrogen-bond acceptors (Lipinski definition) is 4. The number of hydrogen-bond donors (Lipinski definition) is 0. The molecule has 0 saturated carbocycles. The summed E-state index contributed by atoms with van der Waals surface area (Å²) in [4.78, 5) is 29.6. The summed E-state index contributed by atoms with van der Waals surface area (Å²) in [6.07, 6.45) is 1.65. The average molecular weight is 334 g/mol. The van der Waals surface area contributed by atoms with Gasteiger partial charge in [-0.1, -0.05) is 6.92 Å². The number of ether oxygens (including phenoxy) is 1. The lowest BCUT2D eigenvalue weighted by Gasteiger charge is -2.26. The highest BCUT2D eigenvalue weighted by molar-refractivity contribution is 7.08. The van der Waals surface area contributed by atoms with Crippen molar-refractivity contribution in [2.45, 2.75) is 19.8 Å². The first-order chi connectivity index (χ1) is 11.1. The van der Waals surface area contributed by atoms with E-state index in [0.717, 1.165) is 25.1 Å². The smallest absolute Gasteiger partial charge is 0.235 e. The van der Waals surface area contributed by atoms with E-state index in [-0.39, 0.29) is 23.7 Å². The van der Waals surface area contributed by atoms with Crippen LogP contribution in [0.3, 0.4) is 0 Å². The highest BCUT2D eigenvalue weighted by Gasteiger charge is 2.56. The van der Waals surface area contributed by atoms with Crippen LogP contribution in [0.25, 0.3) is 0 Å². The fourth-order valence-electron chi connectivity index (χ4n) is 4.27. The minimum Gasteiger partial charge on any atom is -0.381 e. The van der Waals surface area contributed by atoms with E-state index in [9.17, 15) is 9.59 Å². The SMILES string of the molecule is C[C@@H]1CN(C(=O)C2CCOC2)C[C@]12CCN(c1ccsc1)C2=O. The van der Waals surface area contributed by atoms with Gasteiger partial charge in [-0.25, -0.2) is 0 Å². The summed E-state index contributed by atoms with van der Waals surface area (Å²) in [5, 5.41) is 4.02. The molecule has 1 aromatic rings. The van der Waals surface area contributed by atoms with Crippen molar-refractivity contribution in [1.82, 2.24) is 4.90 Å². The van der Waals surface area contributed by atoms with E-state index >= 15 is 0 Å². The van der Waals surface area contributed by atoms with E-state index in [1.54, 1.807) is 11.3 Å². The van der Waals surface area contributed by atoms with Gasteiger partial charge in [0, 0.05) is 31.6 Å². The van der Waals surface area contributed by atoms with Crippen molar-refractivity contribution in [2.75, 3.05) is 37.7 Å². The van der Waals surface area contributed by atoms with Crippen LogP contribution >= 0.6 is 11.3 Å². The quantitative estimate of drug-likeness (QED) is 0.831. The van der Waals surface area contributed by atoms with Gasteiger partial charge in [0.25, 0.3) is 0 Å². The molecule has 1 unspecified atom stereocenters. The maximum Gasteiger partial charge on any atom is 0.235 e. The second kappa shape index (κ2) is 5.60. The van der Waals surface area contributed by atoms with Gasteiger partial charge in [0.05, 0.1) is 23.6 Å². The number of likely N-dealkylation sites (tertiary alicyclic amines) is 1. The normalized spacial score (nSPS) is 34.0. The van der Waals surface area contributed by atoms with Crippen molar-refractivity contribution in [3.8, 4) is 0 Å². The predicted molar refractivity (Wildman–Crippen MR) is 88.4 cm³/mol. The van der Waals surface area contributed by atoms with E-state index in [2.05, 4.69) is 6.92 Å². The average Bonchev–Trinajstić information content (AvgIpc) is 3.31. The zero-order valence-corrected chi connectivity index (χ0v) is 14.2. The third-order valence-corrected chi connectivity index (χ3v) is 6.44. The van der Waals surface area contributed by atoms with Gasteiger partial charge in [0.1, 0.15) is 0 Å². The summed E-state index contributed by atoms with van der Waals surface area (Å²) in [5.41, 5.74) is 0.606. The molecule has 1 spiro atoms. The summed E-state index contributed by atoms with van der Waals surface area (Å²) in [5.74, 6) is 0.570. The molecule has 3 atom stereocenters. The molecule has 3 fully saturated rings. The molecule has 3 aliphatic heterocycles. The van der Waals surface area contributed by atoms with E-state index in [0.29, 0.717) is 26.3 Å². The van der Waals surface area contributed by atoms with Crippen LogP contribution in [0.15, 0.2) is 16.8 Å². The molecule has 0 bridgehead atoms. The number of nitrogens with zero attached hydrogens (tertiary/aromatic N) is 2. The summed E-state index contributed by atoms with van der Waals surface area (Å²) in [6.45, 7) is 5.35. The van der Waals surface area contributed by atoms with Crippen LogP contribution in [0.2, 0.25) is 0 Å². The molecule has 4 rings (SSSR count). The van der Waals surface area contributed by atoms with Crippen molar-refractivity contribution in [1.29, 1.82) is 0 Å². The first-order valence-electron chi connectivity index (χ1n) is 8.32. The number of thiophene rings is 1. The first kappa shape index (κ1) is 15.1. The van der Waals surface area contributed by atoms with Gasteiger partial charge in [-0.15, -0.1) is 0 Å². The summed E-state index contributed by atoms with van der Waals surface area (Å²) in [6, 6.07) is 2.00. The van der Waals surface area contributed by atoms with E-state index in [4.69, 9.17) is 4.74 Å². The minimum absolute atomic E-state index is 0.0122. The first-order valence-corrected chi connectivity index (χ1v) is 9.27. The van der Waals surface area contributed by atoms with Crippen LogP contribution in [0.5, 0.6) is 0 Å². The Labute approximate surface area is 140 Å². The molecule has 0 aromatic carbocycles. The number of carbonyl (C=O) groups is 2. The zero-order valence-electron chi connectivity index (χ0n) is 13.4. The number of anilines is 1. The van der Waals surface area contributed by atoms with Gasteiger partial charge in [0.2, 0.25) is 11.8 Å². The van der Waals surface area contributed by atoms with Crippen LogP contribution in [0, 0.1) is 17.3 Å². The fraction of sp³-hybridized carbons (Fsp3) is 0.647. The maximum absolute atomic E-state index is 13.1. The summed E-state index contributed by atoms with van der Waals surface area (Å²) in [7, 11) is 0. The number of amides is 2. The van der Waals surface area contributed by atoms with Crippen molar-refractivity contribution < 1.29 is 14.3 Å². The molecule has 5 nitrogen and oxygen atoms in total. The summed E-state index contributed by atoms with van der Waals surface area (Å²) < 4.78 is 5.35. The van der Waals surface area contributed by atoms with Crippen molar-refractivity contribution in [3.63, 3.8) is 0 Å². The lowest BCUT2D eigenvalue weighted by atomic mass is 9.78. The Bertz CT molecular complexity index is 611. The monoisotopic (exact) mass is 334 g/mol. The van der Waals surface area contributed by atoms with Gasteiger partial charge in [-0.3, -0.25) is 9.59 Å². The molecular formula is C17H22N2O3S. The second-order valence-corrected chi connectivity index (χ2v) is 7.80. The Morgan fingerprint density at radius 1 is 1.48 bits per heavy atom. The standard InChI is InChI=1S/C17H22N2O3S/c1-12-8-18(15(20)13-2-6-22-9-13)11-17(12)4-5-19(16(17)21)14-3-7-23-10-14/h3,7,10,12-13H,2,4-6,8-9,11H2,1H3/t12-,13?,17-/m1/s1. The molecule has 0 N–H and O–H groups in total. The minimum atomic E-state index is -0.392. The third-order valence-electron chi connectivity index (χ3n) is 5.77. The fourth-order valence-corrected chi connectivity index (χ4v) is 4.91. The van der Waals surface area contributed by atoms with E-state index in [1.165, 1.54) is 0 Å². The molecule has 6 heteroatoms. The largest absolute Gasteiger partial charge is 0.381 e. The number of rotatable bonds is 2. The molecule has 3 saturated heterocycles. The molecule has 124 valence electrons. The molecule has 1 aromatic heterocycles. The Morgan fingerprint density at radius 2 is 2.35 bits per heavy atom. The Kier molecular flexibility index (Phi) is 3.69. The summed E-state index contributed by atoms with van der Waals surface area (Å²) >= 11 is 1.61. The molecule has 3 aliphatic rings. The lowest BCUT2D eigenvalue weighted by molar-refractivity contribution is -0.135. The molecule has 4 heterocycles. The van der Waals surface area contributed by atoms with Gasteiger partial charge < -0.3 is 14.5 Å². The highest BCUT2D eigenvalue weighted by Crippen LogP contribution is 2.46. The van der Waals surface area contributed by atoms with Crippen molar-refractivity contribution in [3.05, 3.63) is 16.8 Å². The van der Waals surface area contributed by atoms with E-state index in [1.807, 2.05) is 26.6 Å². The molecular weight excluding hydrogens is 312 g/mol. The van der Waals surface area contributed by atoms with Gasteiger partial charge in [-0.2, -0.15) is 11.3 Å². The van der Waals surface area contributed by atoms with Crippen molar-refractivity contribution >= 4 is 28.8 Å². The van der Waals surface area contributed by atoms with E-state index < -0.39 is 5.41 Å². The second-order valence-electron chi connectivity index (χ2n) is 7.02. The van der Waals surface area contributed by atoms with Crippen LogP contribution < -0.4 is 4.90 Å². The van der Waals surface area contributed by atoms with Crippen molar-refractivity contribution in [2.24, 2.45) is 17.3 Å². The lowest BCUT2D eigenvalue weighted by Crippen LogP contribution is -2.41. The molecule has 0 radical (unpaired) electrons. The molecule has 2 amide bonds. The molecule has 23 heavy (non-hydrogen) atoms. The predicted octanol–water partition coefficient (Wildman–Crippen LogP) is 1.99. The van der Waals surface area contributed by atoms with Crippen LogP contribution in [0.4, 0.5) is 5.69 Å². The third kappa shape index (κ3) is 2.31. The highest BCUT2D eigenvalue weighted by atomic mass is 32.1. The molecule has 0 aliphatic carbocycles. The van der Waals surface area contributed by atoms with Crippen LogP contribution in [-0.4, -0.2) is 49.6 Å². The maximum atomic E-state index is 13.1. The van der Waals surface area contributed by atoms with Crippen LogP contribution in [-0.2, 0) is 14.3 Å². The van der Waals surface area contributed by atoms with Gasteiger partial charge >= 0.3 is 0 Å². The Morgan fingerprint density at radius 3 is 3.04 bits per heavy atom. The topological polar surface area (TPSA) is 49.9 Å².